The molecule has 0 aromatic rings. The SMILES string of the molecule is CC(=C1CCNCC1)C1C=CC=CC=C1. The van der Waals surface area contributed by atoms with E-state index >= 15 is 0 Å². The van der Waals surface area contributed by atoms with E-state index in [1.165, 1.54) is 12.8 Å². The molecule has 1 heteroatoms. The normalized spacial score (nSPS) is 21.8. The molecule has 2 aliphatic rings. The third kappa shape index (κ3) is 2.69. The third-order valence-electron chi connectivity index (χ3n) is 3.24. The summed E-state index contributed by atoms with van der Waals surface area (Å²) in [6.07, 6.45) is 15.5. The second kappa shape index (κ2) is 5.13. The summed E-state index contributed by atoms with van der Waals surface area (Å²) >= 11 is 0. The molecule has 1 saturated heterocycles. The fourth-order valence-electron chi connectivity index (χ4n) is 2.21. The number of allylic oxidation sites excluding steroid dienone is 7. The van der Waals surface area contributed by atoms with Gasteiger partial charge in [-0.2, -0.15) is 0 Å². The Balaban J connectivity index is 2.14. The van der Waals surface area contributed by atoms with Gasteiger partial charge in [0.15, 0.2) is 0 Å². The predicted octanol–water partition coefficient (Wildman–Crippen LogP) is 2.98. The lowest BCUT2D eigenvalue weighted by Gasteiger charge is -2.21. The molecule has 0 unspecified atom stereocenters. The molecule has 0 bridgehead atoms. The Morgan fingerprint density at radius 1 is 1.07 bits per heavy atom. The van der Waals surface area contributed by atoms with Crippen LogP contribution in [0.4, 0.5) is 0 Å². The molecule has 0 spiro atoms. The van der Waals surface area contributed by atoms with E-state index < -0.39 is 0 Å². The minimum absolute atomic E-state index is 0.507. The van der Waals surface area contributed by atoms with Crippen LogP contribution in [-0.2, 0) is 0 Å². The van der Waals surface area contributed by atoms with E-state index in [2.05, 4.69) is 48.7 Å². The van der Waals surface area contributed by atoms with Crippen molar-refractivity contribution in [2.75, 3.05) is 13.1 Å². The zero-order chi connectivity index (χ0) is 10.5. The highest BCUT2D eigenvalue weighted by Crippen LogP contribution is 2.24. The Morgan fingerprint density at radius 2 is 1.67 bits per heavy atom. The van der Waals surface area contributed by atoms with Gasteiger partial charge in [0.25, 0.3) is 0 Å². The number of piperidine rings is 1. The Hall–Kier alpha value is -1.08. The zero-order valence-corrected chi connectivity index (χ0v) is 9.37. The smallest absolute Gasteiger partial charge is 0.0163 e. The molecule has 0 aromatic carbocycles. The summed E-state index contributed by atoms with van der Waals surface area (Å²) in [5.41, 5.74) is 3.20. The van der Waals surface area contributed by atoms with Gasteiger partial charge in [-0.15, -0.1) is 0 Å². The molecule has 1 N–H and O–H groups in total. The summed E-state index contributed by atoms with van der Waals surface area (Å²) in [6.45, 7) is 4.57. The van der Waals surface area contributed by atoms with Crippen LogP contribution in [0, 0.1) is 5.92 Å². The van der Waals surface area contributed by atoms with Crippen LogP contribution in [-0.4, -0.2) is 13.1 Å². The van der Waals surface area contributed by atoms with E-state index in [1.54, 1.807) is 11.1 Å². The average Bonchev–Trinajstić information content (AvgIpc) is 2.58. The maximum Gasteiger partial charge on any atom is 0.0163 e. The molecule has 80 valence electrons. The van der Waals surface area contributed by atoms with Gasteiger partial charge in [0.1, 0.15) is 0 Å². The first-order chi connectivity index (χ1) is 7.38. The monoisotopic (exact) mass is 201 g/mol. The van der Waals surface area contributed by atoms with Crippen LogP contribution in [0.15, 0.2) is 47.6 Å². The van der Waals surface area contributed by atoms with Crippen LogP contribution in [0.3, 0.4) is 0 Å². The molecule has 0 radical (unpaired) electrons. The fraction of sp³-hybridized carbons (Fsp3) is 0.429. The van der Waals surface area contributed by atoms with Crippen molar-refractivity contribution in [2.45, 2.75) is 19.8 Å². The molecular formula is C14H19N. The van der Waals surface area contributed by atoms with Gasteiger partial charge in [-0.3, -0.25) is 0 Å². The van der Waals surface area contributed by atoms with Crippen LogP contribution >= 0.6 is 0 Å². The van der Waals surface area contributed by atoms with E-state index in [4.69, 9.17) is 0 Å². The van der Waals surface area contributed by atoms with Crippen LogP contribution in [0.5, 0.6) is 0 Å². The number of nitrogens with one attached hydrogen (secondary N) is 1. The molecule has 1 aliphatic carbocycles. The standard InChI is InChI=1S/C14H19N/c1-12(14-8-10-15-11-9-14)13-6-4-2-3-5-7-13/h2-7,13,15H,8-11H2,1H3. The Labute approximate surface area is 92.3 Å². The average molecular weight is 201 g/mol. The molecule has 1 heterocycles. The van der Waals surface area contributed by atoms with Crippen molar-refractivity contribution in [1.29, 1.82) is 0 Å². The summed E-state index contributed by atoms with van der Waals surface area (Å²) in [6, 6.07) is 0. The van der Waals surface area contributed by atoms with Gasteiger partial charge in [-0.1, -0.05) is 47.6 Å². The lowest BCUT2D eigenvalue weighted by Crippen LogP contribution is -2.24. The van der Waals surface area contributed by atoms with Gasteiger partial charge in [-0.05, 0) is 32.9 Å². The quantitative estimate of drug-likeness (QED) is 0.643. The second-order valence-corrected chi connectivity index (χ2v) is 4.22. The van der Waals surface area contributed by atoms with Gasteiger partial charge >= 0.3 is 0 Å². The van der Waals surface area contributed by atoms with Crippen LogP contribution in [0.2, 0.25) is 0 Å². The van der Waals surface area contributed by atoms with Gasteiger partial charge in [-0.25, -0.2) is 0 Å². The maximum atomic E-state index is 3.40. The molecule has 0 amide bonds. The highest BCUT2D eigenvalue weighted by atomic mass is 14.9. The first-order valence-corrected chi connectivity index (χ1v) is 5.79. The van der Waals surface area contributed by atoms with E-state index in [0.29, 0.717) is 5.92 Å². The minimum Gasteiger partial charge on any atom is -0.316 e. The zero-order valence-electron chi connectivity index (χ0n) is 9.37. The van der Waals surface area contributed by atoms with Crippen molar-refractivity contribution < 1.29 is 0 Å². The van der Waals surface area contributed by atoms with E-state index in [1.807, 2.05) is 0 Å². The molecule has 0 saturated carbocycles. The van der Waals surface area contributed by atoms with Crippen molar-refractivity contribution in [1.82, 2.24) is 5.32 Å². The second-order valence-electron chi connectivity index (χ2n) is 4.22. The molecular weight excluding hydrogens is 182 g/mol. The van der Waals surface area contributed by atoms with Crippen molar-refractivity contribution in [3.8, 4) is 0 Å². The lowest BCUT2D eigenvalue weighted by molar-refractivity contribution is 0.599. The Morgan fingerprint density at radius 3 is 2.27 bits per heavy atom. The topological polar surface area (TPSA) is 12.0 Å². The Bertz CT molecular complexity index is 307. The van der Waals surface area contributed by atoms with Crippen molar-refractivity contribution >= 4 is 0 Å². The highest BCUT2D eigenvalue weighted by Gasteiger charge is 2.12. The summed E-state index contributed by atoms with van der Waals surface area (Å²) in [4.78, 5) is 0. The summed E-state index contributed by atoms with van der Waals surface area (Å²) in [5.74, 6) is 0.507. The van der Waals surface area contributed by atoms with Crippen LogP contribution < -0.4 is 5.32 Å². The Kier molecular flexibility index (Phi) is 3.57. The minimum atomic E-state index is 0.507. The fourth-order valence-corrected chi connectivity index (χ4v) is 2.21. The van der Waals surface area contributed by atoms with E-state index in [9.17, 15) is 0 Å². The third-order valence-corrected chi connectivity index (χ3v) is 3.24. The first-order valence-electron chi connectivity index (χ1n) is 5.79. The molecule has 1 nitrogen and oxygen atoms in total. The largest absolute Gasteiger partial charge is 0.316 e. The van der Waals surface area contributed by atoms with Gasteiger partial charge in [0.2, 0.25) is 0 Å². The van der Waals surface area contributed by atoms with Gasteiger partial charge in [0.05, 0.1) is 0 Å². The van der Waals surface area contributed by atoms with Crippen molar-refractivity contribution in [3.05, 3.63) is 47.6 Å². The first kappa shape index (κ1) is 10.4. The molecule has 1 fully saturated rings. The molecule has 2 rings (SSSR count). The highest BCUT2D eigenvalue weighted by molar-refractivity contribution is 5.30. The van der Waals surface area contributed by atoms with Gasteiger partial charge < -0.3 is 5.32 Å². The number of rotatable bonds is 1. The van der Waals surface area contributed by atoms with E-state index in [-0.39, 0.29) is 0 Å². The van der Waals surface area contributed by atoms with Crippen molar-refractivity contribution in [3.63, 3.8) is 0 Å². The molecule has 0 aromatic heterocycles. The summed E-state index contributed by atoms with van der Waals surface area (Å²) in [5, 5.41) is 3.40. The summed E-state index contributed by atoms with van der Waals surface area (Å²) < 4.78 is 0. The van der Waals surface area contributed by atoms with Gasteiger partial charge in [0, 0.05) is 5.92 Å². The van der Waals surface area contributed by atoms with Crippen LogP contribution in [0.25, 0.3) is 0 Å². The lowest BCUT2D eigenvalue weighted by atomic mass is 9.90. The number of hydrogen-bond donors (Lipinski definition) is 1. The molecule has 0 atom stereocenters. The maximum absolute atomic E-state index is 3.40. The van der Waals surface area contributed by atoms with Crippen LogP contribution in [0.1, 0.15) is 19.8 Å². The molecule has 15 heavy (non-hydrogen) atoms. The summed E-state index contributed by atoms with van der Waals surface area (Å²) in [7, 11) is 0. The predicted molar refractivity (Wildman–Crippen MR) is 65.7 cm³/mol. The molecule has 1 aliphatic heterocycles. The van der Waals surface area contributed by atoms with Crippen molar-refractivity contribution in [2.24, 2.45) is 5.92 Å². The van der Waals surface area contributed by atoms with E-state index in [0.717, 1.165) is 13.1 Å². The number of hydrogen-bond acceptors (Lipinski definition) is 1.